The van der Waals surface area contributed by atoms with E-state index in [1.807, 2.05) is 23.1 Å². The van der Waals surface area contributed by atoms with E-state index < -0.39 is 12.0 Å². The Labute approximate surface area is 213 Å². The van der Waals surface area contributed by atoms with Crippen molar-refractivity contribution in [3.8, 4) is 0 Å². The number of nitrogens with zero attached hydrogens (tertiary/aromatic N) is 2. The number of piperidine rings is 1. The van der Waals surface area contributed by atoms with Crippen LogP contribution in [0.1, 0.15) is 48.5 Å². The molecule has 2 aliphatic rings. The van der Waals surface area contributed by atoms with Crippen molar-refractivity contribution >= 4 is 29.3 Å². The molecule has 0 radical (unpaired) electrons. The summed E-state index contributed by atoms with van der Waals surface area (Å²) in [6.45, 7) is 5.06. The lowest BCUT2D eigenvalue weighted by Gasteiger charge is -2.35. The predicted octanol–water partition coefficient (Wildman–Crippen LogP) is 4.07. The highest BCUT2D eigenvalue weighted by Crippen LogP contribution is 2.31. The van der Waals surface area contributed by atoms with Gasteiger partial charge in [0.05, 0.1) is 12.2 Å². The van der Waals surface area contributed by atoms with Crippen LogP contribution in [-0.2, 0) is 16.0 Å². The molecule has 36 heavy (non-hydrogen) atoms. The number of anilines is 2. The molecule has 2 aliphatic heterocycles. The third-order valence-electron chi connectivity index (χ3n) is 6.90. The molecule has 2 N–H and O–H groups in total. The monoisotopic (exact) mass is 492 g/mol. The highest BCUT2D eigenvalue weighted by molar-refractivity contribution is 6.02. The van der Waals surface area contributed by atoms with Gasteiger partial charge in [-0.15, -0.1) is 0 Å². The summed E-state index contributed by atoms with van der Waals surface area (Å²) in [6.07, 6.45) is 5.25. The maximum Gasteiger partial charge on any atom is 0.325 e. The van der Waals surface area contributed by atoms with Crippen molar-refractivity contribution in [3.05, 3.63) is 59.7 Å². The number of benzene rings is 2. The fourth-order valence-electron chi connectivity index (χ4n) is 5.02. The van der Waals surface area contributed by atoms with E-state index in [-0.39, 0.29) is 19.1 Å². The van der Waals surface area contributed by atoms with Gasteiger partial charge in [0.2, 0.25) is 0 Å². The van der Waals surface area contributed by atoms with Crippen LogP contribution in [0.3, 0.4) is 0 Å². The first-order chi connectivity index (χ1) is 17.5. The Hall–Kier alpha value is -3.55. The SMILES string of the molecule is CCOC(=O)CNC(=O)Nc1ccc(N2CCC(Cc3ccccc3)CC2)c(C(=O)N2CCCC2)c1. The molecular weight excluding hydrogens is 456 g/mol. The number of hydrogen-bond donors (Lipinski definition) is 2. The number of carbonyl (C=O) groups is 3. The zero-order valence-electron chi connectivity index (χ0n) is 21.0. The Morgan fingerprint density at radius 1 is 0.972 bits per heavy atom. The zero-order valence-corrected chi connectivity index (χ0v) is 21.0. The molecule has 2 aromatic carbocycles. The third-order valence-corrected chi connectivity index (χ3v) is 6.90. The smallest absolute Gasteiger partial charge is 0.325 e. The lowest BCUT2D eigenvalue weighted by atomic mass is 9.89. The second-order valence-corrected chi connectivity index (χ2v) is 9.46. The number of esters is 1. The van der Waals surface area contributed by atoms with E-state index in [4.69, 9.17) is 4.74 Å². The summed E-state index contributed by atoms with van der Waals surface area (Å²) in [6, 6.07) is 15.6. The fraction of sp³-hybridized carbons (Fsp3) is 0.464. The largest absolute Gasteiger partial charge is 0.465 e. The van der Waals surface area contributed by atoms with Gasteiger partial charge in [-0.1, -0.05) is 30.3 Å². The molecule has 0 saturated carbocycles. The number of likely N-dealkylation sites (tertiary alicyclic amines) is 1. The van der Waals surface area contributed by atoms with Crippen LogP contribution in [0.25, 0.3) is 0 Å². The second-order valence-electron chi connectivity index (χ2n) is 9.46. The first-order valence-corrected chi connectivity index (χ1v) is 13.0. The molecule has 2 fully saturated rings. The van der Waals surface area contributed by atoms with Crippen LogP contribution < -0.4 is 15.5 Å². The van der Waals surface area contributed by atoms with E-state index in [2.05, 4.69) is 39.8 Å². The summed E-state index contributed by atoms with van der Waals surface area (Å²) in [5.74, 6) is 0.137. The van der Waals surface area contributed by atoms with Crippen molar-refractivity contribution in [2.45, 2.75) is 39.0 Å². The molecule has 0 aromatic heterocycles. The van der Waals surface area contributed by atoms with Crippen LogP contribution >= 0.6 is 0 Å². The fourth-order valence-corrected chi connectivity index (χ4v) is 5.02. The minimum atomic E-state index is -0.517. The van der Waals surface area contributed by atoms with Gasteiger partial charge in [0.25, 0.3) is 5.91 Å². The molecule has 0 unspecified atom stereocenters. The Morgan fingerprint density at radius 2 is 1.69 bits per heavy atom. The minimum absolute atomic E-state index is 0.00416. The van der Waals surface area contributed by atoms with Crippen LogP contribution in [0.15, 0.2) is 48.5 Å². The molecule has 3 amide bonds. The van der Waals surface area contributed by atoms with E-state index in [1.165, 1.54) is 5.56 Å². The third kappa shape index (κ3) is 6.77. The molecule has 4 rings (SSSR count). The van der Waals surface area contributed by atoms with Gasteiger partial charge in [-0.2, -0.15) is 0 Å². The number of urea groups is 1. The quantitative estimate of drug-likeness (QED) is 0.542. The topological polar surface area (TPSA) is 91.0 Å². The van der Waals surface area contributed by atoms with Crippen molar-refractivity contribution in [2.75, 3.05) is 49.5 Å². The second kappa shape index (κ2) is 12.4. The van der Waals surface area contributed by atoms with Gasteiger partial charge in [0.1, 0.15) is 6.54 Å². The van der Waals surface area contributed by atoms with E-state index in [1.54, 1.807) is 13.0 Å². The first-order valence-electron chi connectivity index (χ1n) is 13.0. The number of rotatable bonds is 8. The van der Waals surface area contributed by atoms with Crippen molar-refractivity contribution in [1.82, 2.24) is 10.2 Å². The number of amides is 3. The summed E-state index contributed by atoms with van der Waals surface area (Å²) in [4.78, 5) is 41.5. The standard InChI is InChI=1S/C28H36N4O4/c1-2-36-26(33)20-29-28(35)30-23-10-11-25(24(19-23)27(34)32-14-6-7-15-32)31-16-12-22(13-17-31)18-21-8-4-3-5-9-21/h3-5,8-11,19,22H,2,6-7,12-18,20H2,1H3,(H2,29,30,35). The summed E-state index contributed by atoms with van der Waals surface area (Å²) in [7, 11) is 0. The lowest BCUT2D eigenvalue weighted by molar-refractivity contribution is -0.141. The number of carbonyl (C=O) groups excluding carboxylic acids is 3. The molecule has 2 saturated heterocycles. The summed E-state index contributed by atoms with van der Waals surface area (Å²) >= 11 is 0. The van der Waals surface area contributed by atoms with Crippen LogP contribution in [0, 0.1) is 5.92 Å². The molecule has 0 atom stereocenters. The summed E-state index contributed by atoms with van der Waals surface area (Å²) < 4.78 is 4.84. The molecule has 8 heteroatoms. The Bertz CT molecular complexity index is 1040. The van der Waals surface area contributed by atoms with Crippen LogP contribution in [-0.4, -0.2) is 62.1 Å². The number of hydrogen-bond acceptors (Lipinski definition) is 5. The molecule has 0 spiro atoms. The summed E-state index contributed by atoms with van der Waals surface area (Å²) in [5.41, 5.74) is 3.42. The Balaban J connectivity index is 1.44. The van der Waals surface area contributed by atoms with Crippen molar-refractivity contribution in [1.29, 1.82) is 0 Å². The minimum Gasteiger partial charge on any atom is -0.465 e. The van der Waals surface area contributed by atoms with E-state index in [9.17, 15) is 14.4 Å². The van der Waals surface area contributed by atoms with Crippen molar-refractivity contribution < 1.29 is 19.1 Å². The van der Waals surface area contributed by atoms with Gasteiger partial charge in [0.15, 0.2) is 0 Å². The van der Waals surface area contributed by atoms with Gasteiger partial charge in [-0.05, 0) is 68.7 Å². The average molecular weight is 493 g/mol. The highest BCUT2D eigenvalue weighted by Gasteiger charge is 2.27. The van der Waals surface area contributed by atoms with Gasteiger partial charge in [-0.3, -0.25) is 9.59 Å². The lowest BCUT2D eigenvalue weighted by Crippen LogP contribution is -2.37. The van der Waals surface area contributed by atoms with E-state index in [0.29, 0.717) is 17.2 Å². The van der Waals surface area contributed by atoms with E-state index >= 15 is 0 Å². The molecule has 2 heterocycles. The summed E-state index contributed by atoms with van der Waals surface area (Å²) in [5, 5.41) is 5.23. The maximum atomic E-state index is 13.5. The highest BCUT2D eigenvalue weighted by atomic mass is 16.5. The van der Waals surface area contributed by atoms with Crippen LogP contribution in [0.5, 0.6) is 0 Å². The number of ether oxygens (including phenoxy) is 1. The molecule has 2 aromatic rings. The van der Waals surface area contributed by atoms with Crippen molar-refractivity contribution in [2.24, 2.45) is 5.92 Å². The predicted molar refractivity (Wildman–Crippen MR) is 140 cm³/mol. The number of nitrogens with one attached hydrogen (secondary N) is 2. The van der Waals surface area contributed by atoms with E-state index in [0.717, 1.165) is 64.0 Å². The van der Waals surface area contributed by atoms with Crippen LogP contribution in [0.2, 0.25) is 0 Å². The maximum absolute atomic E-state index is 13.5. The zero-order chi connectivity index (χ0) is 25.3. The van der Waals surface area contributed by atoms with Gasteiger partial charge in [-0.25, -0.2) is 4.79 Å². The van der Waals surface area contributed by atoms with Gasteiger partial charge >= 0.3 is 12.0 Å². The molecule has 192 valence electrons. The molecule has 8 nitrogen and oxygen atoms in total. The van der Waals surface area contributed by atoms with Crippen molar-refractivity contribution in [3.63, 3.8) is 0 Å². The van der Waals surface area contributed by atoms with Gasteiger partial charge < -0.3 is 25.2 Å². The normalized spacial score (nSPS) is 16.0. The average Bonchev–Trinajstić information content (AvgIpc) is 3.44. The molecule has 0 bridgehead atoms. The first kappa shape index (κ1) is 25.5. The Morgan fingerprint density at radius 3 is 2.39 bits per heavy atom. The Kier molecular flexibility index (Phi) is 8.81. The van der Waals surface area contributed by atoms with Crippen LogP contribution in [0.4, 0.5) is 16.2 Å². The van der Waals surface area contributed by atoms with Gasteiger partial charge in [0, 0.05) is 37.6 Å². The molecular formula is C28H36N4O4. The molecule has 0 aliphatic carbocycles.